The number of aryl methyl sites for hydroxylation is 2. The average Bonchev–Trinajstić information content (AvgIpc) is 3.01. The Balaban J connectivity index is 1.76. The number of anilines is 1. The highest BCUT2D eigenvalue weighted by Crippen LogP contribution is 2.24. The normalized spacial score (nSPS) is 23.2. The van der Waals surface area contributed by atoms with E-state index < -0.39 is 21.8 Å². The highest BCUT2D eigenvalue weighted by molar-refractivity contribution is 7.91. The highest BCUT2D eigenvalue weighted by Gasteiger charge is 2.37. The van der Waals surface area contributed by atoms with Gasteiger partial charge in [-0.05, 0) is 20.3 Å². The predicted molar refractivity (Wildman–Crippen MR) is 90.8 cm³/mol. The molecule has 1 saturated heterocycles. The van der Waals surface area contributed by atoms with Crippen molar-refractivity contribution >= 4 is 43.8 Å². The maximum absolute atomic E-state index is 12.4. The number of aromatic nitrogens is 1. The minimum atomic E-state index is -3.13. The molecule has 1 aromatic heterocycles. The Morgan fingerprint density at radius 3 is 2.67 bits per heavy atom. The van der Waals surface area contributed by atoms with Gasteiger partial charge in [0.15, 0.2) is 15.0 Å². The Morgan fingerprint density at radius 1 is 1.33 bits per heavy atom. The van der Waals surface area contributed by atoms with Crippen molar-refractivity contribution in [3.05, 3.63) is 10.6 Å². The van der Waals surface area contributed by atoms with Gasteiger partial charge in [-0.3, -0.25) is 14.9 Å². The molecule has 24 heavy (non-hydrogen) atoms. The van der Waals surface area contributed by atoms with Gasteiger partial charge >= 0.3 is 0 Å². The van der Waals surface area contributed by atoms with E-state index >= 15 is 0 Å². The van der Waals surface area contributed by atoms with E-state index in [0.29, 0.717) is 11.6 Å². The SMILES string of the molecule is Cc1nc(NC(=O)C2=NN([C@H]3CCS(=O)(=O)C3)C(=O)CC2)sc1C. The third-order valence-corrected chi connectivity index (χ3v) is 6.86. The first-order valence-electron chi connectivity index (χ1n) is 7.60. The number of carbonyl (C=O) groups is 2. The topological polar surface area (TPSA) is 109 Å². The van der Waals surface area contributed by atoms with E-state index in [1.807, 2.05) is 13.8 Å². The maximum Gasteiger partial charge on any atom is 0.273 e. The van der Waals surface area contributed by atoms with Crippen LogP contribution in [0.1, 0.15) is 29.8 Å². The van der Waals surface area contributed by atoms with Crippen molar-refractivity contribution in [3.8, 4) is 0 Å². The van der Waals surface area contributed by atoms with E-state index in [1.54, 1.807) is 0 Å². The zero-order valence-corrected chi connectivity index (χ0v) is 15.0. The van der Waals surface area contributed by atoms with Crippen molar-refractivity contribution in [3.63, 3.8) is 0 Å². The Kier molecular flexibility index (Phi) is 4.43. The van der Waals surface area contributed by atoms with E-state index in [2.05, 4.69) is 15.4 Å². The summed E-state index contributed by atoms with van der Waals surface area (Å²) in [4.78, 5) is 29.7. The van der Waals surface area contributed by atoms with Gasteiger partial charge in [0.1, 0.15) is 5.71 Å². The molecule has 2 aliphatic rings. The lowest BCUT2D eigenvalue weighted by atomic mass is 10.1. The second-order valence-corrected chi connectivity index (χ2v) is 9.39. The first-order valence-corrected chi connectivity index (χ1v) is 10.2. The van der Waals surface area contributed by atoms with Crippen LogP contribution >= 0.6 is 11.3 Å². The Bertz CT molecular complexity index is 808. The van der Waals surface area contributed by atoms with E-state index in [9.17, 15) is 18.0 Å². The molecule has 10 heteroatoms. The quantitative estimate of drug-likeness (QED) is 0.849. The van der Waals surface area contributed by atoms with Crippen LogP contribution in [0.15, 0.2) is 5.10 Å². The van der Waals surface area contributed by atoms with Crippen molar-refractivity contribution in [1.29, 1.82) is 0 Å². The lowest BCUT2D eigenvalue weighted by Crippen LogP contribution is -2.42. The fourth-order valence-corrected chi connectivity index (χ4v) is 5.19. The zero-order valence-electron chi connectivity index (χ0n) is 13.4. The van der Waals surface area contributed by atoms with Crippen molar-refractivity contribution in [1.82, 2.24) is 9.99 Å². The summed E-state index contributed by atoms with van der Waals surface area (Å²) in [5.41, 5.74) is 1.08. The van der Waals surface area contributed by atoms with Gasteiger partial charge in [-0.2, -0.15) is 5.10 Å². The summed E-state index contributed by atoms with van der Waals surface area (Å²) in [6.45, 7) is 3.78. The number of nitrogens with one attached hydrogen (secondary N) is 1. The lowest BCUT2D eigenvalue weighted by Gasteiger charge is -2.27. The van der Waals surface area contributed by atoms with Crippen LogP contribution in [0, 0.1) is 13.8 Å². The van der Waals surface area contributed by atoms with E-state index in [1.165, 1.54) is 16.3 Å². The summed E-state index contributed by atoms with van der Waals surface area (Å²) < 4.78 is 23.2. The molecule has 0 bridgehead atoms. The first kappa shape index (κ1) is 17.0. The van der Waals surface area contributed by atoms with Gasteiger partial charge in [-0.1, -0.05) is 0 Å². The van der Waals surface area contributed by atoms with Gasteiger partial charge in [-0.25, -0.2) is 18.4 Å². The molecule has 1 atom stereocenters. The van der Waals surface area contributed by atoms with Crippen LogP contribution in [0.2, 0.25) is 0 Å². The monoisotopic (exact) mass is 370 g/mol. The molecule has 3 heterocycles. The summed E-state index contributed by atoms with van der Waals surface area (Å²) >= 11 is 1.38. The Morgan fingerprint density at radius 2 is 2.08 bits per heavy atom. The molecule has 2 amide bonds. The molecule has 1 N–H and O–H groups in total. The molecule has 1 fully saturated rings. The molecular weight excluding hydrogens is 352 g/mol. The number of hydrogen-bond donors (Lipinski definition) is 1. The number of nitrogens with zero attached hydrogens (tertiary/aromatic N) is 3. The largest absolute Gasteiger partial charge is 0.297 e. The molecule has 8 nitrogen and oxygen atoms in total. The minimum Gasteiger partial charge on any atom is -0.297 e. The summed E-state index contributed by atoms with van der Waals surface area (Å²) in [5, 5.41) is 8.51. The van der Waals surface area contributed by atoms with Gasteiger partial charge in [0.25, 0.3) is 5.91 Å². The maximum atomic E-state index is 12.4. The summed E-state index contributed by atoms with van der Waals surface area (Å²) in [6.07, 6.45) is 0.750. The smallest absolute Gasteiger partial charge is 0.273 e. The molecule has 0 saturated carbocycles. The summed E-state index contributed by atoms with van der Waals surface area (Å²) in [5.74, 6) is -0.685. The van der Waals surface area contributed by atoms with Crippen molar-refractivity contribution in [2.24, 2.45) is 5.10 Å². The van der Waals surface area contributed by atoms with Gasteiger partial charge in [-0.15, -0.1) is 11.3 Å². The predicted octanol–water partition coefficient (Wildman–Crippen LogP) is 0.864. The number of amides is 2. The standard InChI is InChI=1S/C14H18N4O4S2/c1-8-9(2)23-14(15-8)16-13(20)11-3-4-12(19)18(17-11)10-5-6-24(21,22)7-10/h10H,3-7H2,1-2H3,(H,15,16,20)/t10-/m0/s1. The molecule has 0 spiro atoms. The van der Waals surface area contributed by atoms with E-state index in [0.717, 1.165) is 10.6 Å². The molecule has 0 unspecified atom stereocenters. The molecule has 3 rings (SSSR count). The van der Waals surface area contributed by atoms with Crippen LogP contribution in [-0.2, 0) is 19.4 Å². The van der Waals surface area contributed by atoms with Crippen LogP contribution in [-0.4, -0.2) is 53.5 Å². The van der Waals surface area contributed by atoms with E-state index in [-0.39, 0.29) is 36.0 Å². The number of carbonyl (C=O) groups excluding carboxylic acids is 2. The number of hydrazone groups is 1. The van der Waals surface area contributed by atoms with Crippen molar-refractivity contribution < 1.29 is 18.0 Å². The molecule has 0 radical (unpaired) electrons. The zero-order chi connectivity index (χ0) is 17.5. The number of rotatable bonds is 3. The molecule has 0 aliphatic carbocycles. The fourth-order valence-electron chi connectivity index (χ4n) is 2.68. The van der Waals surface area contributed by atoms with Gasteiger partial charge in [0.05, 0.1) is 23.2 Å². The second kappa shape index (κ2) is 6.25. The third kappa shape index (κ3) is 3.48. The highest BCUT2D eigenvalue weighted by atomic mass is 32.2. The van der Waals surface area contributed by atoms with E-state index in [4.69, 9.17) is 0 Å². The van der Waals surface area contributed by atoms with Crippen molar-refractivity contribution in [2.45, 2.75) is 39.2 Å². The lowest BCUT2D eigenvalue weighted by molar-refractivity contribution is -0.133. The van der Waals surface area contributed by atoms with Gasteiger partial charge < -0.3 is 0 Å². The second-order valence-electron chi connectivity index (χ2n) is 5.96. The fraction of sp³-hybridized carbons (Fsp3) is 0.571. The molecule has 2 aliphatic heterocycles. The van der Waals surface area contributed by atoms with Crippen LogP contribution in [0.25, 0.3) is 0 Å². The average molecular weight is 370 g/mol. The van der Waals surface area contributed by atoms with Crippen LogP contribution < -0.4 is 5.32 Å². The van der Waals surface area contributed by atoms with Crippen LogP contribution in [0.5, 0.6) is 0 Å². The Labute approximate surface area is 143 Å². The number of sulfone groups is 1. The van der Waals surface area contributed by atoms with Crippen LogP contribution in [0.4, 0.5) is 5.13 Å². The third-order valence-electron chi connectivity index (χ3n) is 4.13. The molecular formula is C14H18N4O4S2. The summed E-state index contributed by atoms with van der Waals surface area (Å²) in [7, 11) is -3.13. The number of thiazole rings is 1. The molecule has 1 aromatic rings. The molecule has 130 valence electrons. The summed E-state index contributed by atoms with van der Waals surface area (Å²) in [6, 6.07) is -0.477. The molecule has 0 aromatic carbocycles. The minimum absolute atomic E-state index is 0.0518. The number of hydrogen-bond acceptors (Lipinski definition) is 7. The first-order chi connectivity index (χ1) is 11.2. The Hall–Kier alpha value is -1.81. The van der Waals surface area contributed by atoms with Gasteiger partial charge in [0, 0.05) is 17.7 Å². The van der Waals surface area contributed by atoms with Crippen LogP contribution in [0.3, 0.4) is 0 Å². The van der Waals surface area contributed by atoms with Crippen molar-refractivity contribution in [2.75, 3.05) is 16.8 Å². The van der Waals surface area contributed by atoms with Gasteiger partial charge in [0.2, 0.25) is 5.91 Å².